The van der Waals surface area contributed by atoms with E-state index in [1.54, 1.807) is 12.1 Å². The number of carbonyl (C=O) groups is 1. The minimum atomic E-state index is -0.367. The lowest BCUT2D eigenvalue weighted by atomic mass is 10.0. The van der Waals surface area contributed by atoms with Crippen LogP contribution in [0.4, 0.5) is 11.4 Å². The second kappa shape index (κ2) is 11.5. The third kappa shape index (κ3) is 6.02. The highest BCUT2D eigenvalue weighted by molar-refractivity contribution is 5.95. The van der Waals surface area contributed by atoms with E-state index < -0.39 is 0 Å². The van der Waals surface area contributed by atoms with E-state index in [1.807, 2.05) is 71.6 Å². The highest BCUT2D eigenvalue weighted by Crippen LogP contribution is 2.30. The summed E-state index contributed by atoms with van der Waals surface area (Å²) < 4.78 is 7.48. The molecule has 0 atom stereocenters. The molecule has 1 fully saturated rings. The molecule has 2 heterocycles. The average Bonchev–Trinajstić information content (AvgIpc) is 2.96. The first-order valence-corrected chi connectivity index (χ1v) is 13.2. The van der Waals surface area contributed by atoms with Gasteiger partial charge in [-0.25, -0.2) is 0 Å². The van der Waals surface area contributed by atoms with Crippen LogP contribution in [0.25, 0.3) is 5.69 Å². The predicted octanol–water partition coefficient (Wildman–Crippen LogP) is 5.28. The van der Waals surface area contributed by atoms with E-state index in [0.717, 1.165) is 13.1 Å². The van der Waals surface area contributed by atoms with E-state index in [4.69, 9.17) is 4.74 Å². The molecule has 1 aliphatic rings. The Balaban J connectivity index is 1.48. The van der Waals surface area contributed by atoms with Gasteiger partial charge in [-0.05, 0) is 61.0 Å². The standard InChI is InChI=1S/C31H33N5O3/c1-22(2)23-12-14-27(15-13-23)39-28-21-32-36(26-10-5-4-6-11-26)31(38)29(28)33-25-9-7-8-24(20-25)30(37)35-18-16-34(3)17-19-35/h4-15,20-22,33H,16-19H2,1-3H3. The highest BCUT2D eigenvalue weighted by atomic mass is 16.5. The Morgan fingerprint density at radius 1 is 0.923 bits per heavy atom. The number of hydrogen-bond acceptors (Lipinski definition) is 6. The van der Waals surface area contributed by atoms with E-state index in [0.29, 0.717) is 47.4 Å². The van der Waals surface area contributed by atoms with Gasteiger partial charge in [-0.3, -0.25) is 9.59 Å². The molecule has 200 valence electrons. The Hall–Kier alpha value is -4.43. The van der Waals surface area contributed by atoms with Crippen molar-refractivity contribution in [1.29, 1.82) is 0 Å². The topological polar surface area (TPSA) is 79.7 Å². The maximum absolute atomic E-state index is 13.7. The molecule has 0 aliphatic carbocycles. The number of para-hydroxylation sites is 1. The summed E-state index contributed by atoms with van der Waals surface area (Å²) >= 11 is 0. The van der Waals surface area contributed by atoms with Crippen LogP contribution >= 0.6 is 0 Å². The third-order valence-corrected chi connectivity index (χ3v) is 6.89. The van der Waals surface area contributed by atoms with Gasteiger partial charge in [0.1, 0.15) is 5.75 Å². The summed E-state index contributed by atoms with van der Waals surface area (Å²) in [7, 11) is 2.06. The van der Waals surface area contributed by atoms with E-state index in [2.05, 4.69) is 36.2 Å². The van der Waals surface area contributed by atoms with Gasteiger partial charge >= 0.3 is 0 Å². The molecule has 1 amide bonds. The van der Waals surface area contributed by atoms with Crippen LogP contribution in [0, 0.1) is 0 Å². The van der Waals surface area contributed by atoms with Crippen molar-refractivity contribution < 1.29 is 9.53 Å². The summed E-state index contributed by atoms with van der Waals surface area (Å²) in [6.07, 6.45) is 1.53. The van der Waals surface area contributed by atoms with Gasteiger partial charge in [-0.2, -0.15) is 9.78 Å². The first-order chi connectivity index (χ1) is 18.9. The number of nitrogens with one attached hydrogen (secondary N) is 1. The van der Waals surface area contributed by atoms with Gasteiger partial charge in [-0.15, -0.1) is 0 Å². The Labute approximate surface area is 228 Å². The molecule has 39 heavy (non-hydrogen) atoms. The number of carbonyl (C=O) groups excluding carboxylic acids is 1. The molecule has 1 saturated heterocycles. The van der Waals surface area contributed by atoms with Gasteiger partial charge in [0.15, 0.2) is 11.4 Å². The minimum Gasteiger partial charge on any atom is -0.453 e. The zero-order valence-corrected chi connectivity index (χ0v) is 22.5. The second-order valence-electron chi connectivity index (χ2n) is 10.1. The quantitative estimate of drug-likeness (QED) is 0.355. The molecule has 1 aliphatic heterocycles. The van der Waals surface area contributed by atoms with Gasteiger partial charge in [-0.1, -0.05) is 50.2 Å². The van der Waals surface area contributed by atoms with Crippen molar-refractivity contribution in [2.24, 2.45) is 0 Å². The lowest BCUT2D eigenvalue weighted by Gasteiger charge is -2.32. The van der Waals surface area contributed by atoms with E-state index >= 15 is 0 Å². The number of hydrogen-bond donors (Lipinski definition) is 1. The van der Waals surface area contributed by atoms with Crippen molar-refractivity contribution in [2.75, 3.05) is 38.5 Å². The first kappa shape index (κ1) is 26.2. The Morgan fingerprint density at radius 3 is 2.33 bits per heavy atom. The predicted molar refractivity (Wildman–Crippen MR) is 154 cm³/mol. The van der Waals surface area contributed by atoms with E-state index in [1.165, 1.54) is 16.4 Å². The van der Waals surface area contributed by atoms with Crippen molar-refractivity contribution in [3.63, 3.8) is 0 Å². The highest BCUT2D eigenvalue weighted by Gasteiger charge is 2.21. The molecule has 3 aromatic carbocycles. The number of aromatic nitrogens is 2. The first-order valence-electron chi connectivity index (χ1n) is 13.2. The Kier molecular flexibility index (Phi) is 7.74. The van der Waals surface area contributed by atoms with E-state index in [9.17, 15) is 9.59 Å². The van der Waals surface area contributed by atoms with E-state index in [-0.39, 0.29) is 17.2 Å². The minimum absolute atomic E-state index is 0.0232. The molecule has 8 nitrogen and oxygen atoms in total. The number of nitrogens with zero attached hydrogens (tertiary/aromatic N) is 4. The fourth-order valence-corrected chi connectivity index (χ4v) is 4.50. The van der Waals surface area contributed by atoms with Crippen molar-refractivity contribution in [3.05, 3.63) is 107 Å². The monoisotopic (exact) mass is 523 g/mol. The van der Waals surface area contributed by atoms with Crippen LogP contribution in [0.1, 0.15) is 35.7 Å². The zero-order chi connectivity index (χ0) is 27.4. The molecule has 8 heteroatoms. The zero-order valence-electron chi connectivity index (χ0n) is 22.5. The van der Waals surface area contributed by atoms with Crippen molar-refractivity contribution in [1.82, 2.24) is 19.6 Å². The average molecular weight is 524 g/mol. The molecule has 0 bridgehead atoms. The van der Waals surface area contributed by atoms with Crippen LogP contribution in [0.3, 0.4) is 0 Å². The maximum Gasteiger partial charge on any atom is 0.299 e. The molecule has 5 rings (SSSR count). The second-order valence-corrected chi connectivity index (χ2v) is 10.1. The number of benzene rings is 3. The smallest absolute Gasteiger partial charge is 0.299 e. The molecular formula is C31H33N5O3. The number of ether oxygens (including phenoxy) is 1. The Bertz CT molecular complexity index is 1490. The van der Waals surface area contributed by atoms with Gasteiger partial charge in [0, 0.05) is 37.4 Å². The van der Waals surface area contributed by atoms with Crippen LogP contribution in [0.15, 0.2) is 89.9 Å². The summed E-state index contributed by atoms with van der Waals surface area (Å²) in [5.41, 5.74) is 2.86. The number of piperazine rings is 1. The summed E-state index contributed by atoms with van der Waals surface area (Å²) in [5, 5.41) is 7.61. The summed E-state index contributed by atoms with van der Waals surface area (Å²) in [4.78, 5) is 31.0. The maximum atomic E-state index is 13.7. The van der Waals surface area contributed by atoms with Crippen molar-refractivity contribution in [3.8, 4) is 17.2 Å². The van der Waals surface area contributed by atoms with Crippen molar-refractivity contribution >= 4 is 17.3 Å². The lowest BCUT2D eigenvalue weighted by Crippen LogP contribution is -2.47. The number of rotatable bonds is 7. The van der Waals surface area contributed by atoms with Crippen LogP contribution in [-0.2, 0) is 0 Å². The normalized spacial score (nSPS) is 13.9. The number of anilines is 2. The summed E-state index contributed by atoms with van der Waals surface area (Å²) in [5.74, 6) is 1.26. The van der Waals surface area contributed by atoms with Gasteiger partial charge in [0.05, 0.1) is 11.9 Å². The SMILES string of the molecule is CC(C)c1ccc(Oc2cnn(-c3ccccc3)c(=O)c2Nc2cccc(C(=O)N3CCN(C)CC3)c2)cc1. The van der Waals surface area contributed by atoms with Crippen LogP contribution in [0.5, 0.6) is 11.5 Å². The largest absolute Gasteiger partial charge is 0.453 e. The lowest BCUT2D eigenvalue weighted by molar-refractivity contribution is 0.0664. The summed E-state index contributed by atoms with van der Waals surface area (Å²) in [6.45, 7) is 7.33. The third-order valence-electron chi connectivity index (χ3n) is 6.89. The van der Waals surface area contributed by atoms with Gasteiger partial charge in [0.25, 0.3) is 11.5 Å². The number of likely N-dealkylation sites (N-methyl/N-ethyl adjacent to an activating group) is 1. The van der Waals surface area contributed by atoms with Crippen LogP contribution < -0.4 is 15.6 Å². The molecule has 0 unspecified atom stereocenters. The molecule has 1 aromatic heterocycles. The molecule has 4 aromatic rings. The fourth-order valence-electron chi connectivity index (χ4n) is 4.50. The van der Waals surface area contributed by atoms with Crippen LogP contribution in [-0.4, -0.2) is 58.7 Å². The molecule has 0 saturated carbocycles. The van der Waals surface area contributed by atoms with Gasteiger partial charge < -0.3 is 19.9 Å². The van der Waals surface area contributed by atoms with Crippen molar-refractivity contribution in [2.45, 2.75) is 19.8 Å². The molecule has 0 spiro atoms. The fraction of sp³-hybridized carbons (Fsp3) is 0.258. The van der Waals surface area contributed by atoms with Crippen LogP contribution in [0.2, 0.25) is 0 Å². The molecule has 1 N–H and O–H groups in total. The molecular weight excluding hydrogens is 490 g/mol. The van der Waals surface area contributed by atoms with Gasteiger partial charge in [0.2, 0.25) is 0 Å². The molecule has 0 radical (unpaired) electrons. The Morgan fingerprint density at radius 2 is 1.64 bits per heavy atom. The number of amides is 1. The summed E-state index contributed by atoms with van der Waals surface area (Å²) in [6, 6.07) is 24.2.